The van der Waals surface area contributed by atoms with Crippen LogP contribution in [0.3, 0.4) is 0 Å². The molecule has 5 nitrogen and oxygen atoms in total. The summed E-state index contributed by atoms with van der Waals surface area (Å²) >= 11 is 0. The quantitative estimate of drug-likeness (QED) is 0.858. The minimum atomic E-state index is -0.508. The topological polar surface area (TPSA) is 77.2 Å². The van der Waals surface area contributed by atoms with Crippen molar-refractivity contribution in [2.75, 3.05) is 6.54 Å². The van der Waals surface area contributed by atoms with Crippen LogP contribution in [0, 0.1) is 0 Å². The molecule has 1 amide bonds. The molecule has 0 saturated heterocycles. The molecule has 0 bridgehead atoms. The molecule has 3 N–H and O–H groups in total. The highest BCUT2D eigenvalue weighted by Gasteiger charge is 2.20. The summed E-state index contributed by atoms with van der Waals surface area (Å²) in [5.41, 5.74) is 5.97. The monoisotopic (exact) mass is 251 g/mol. The van der Waals surface area contributed by atoms with Crippen molar-refractivity contribution in [2.45, 2.75) is 38.8 Å². The first-order valence-corrected chi connectivity index (χ1v) is 6.02. The van der Waals surface area contributed by atoms with Crippen LogP contribution >= 0.6 is 0 Å². The van der Waals surface area contributed by atoms with Gasteiger partial charge in [-0.15, -0.1) is 0 Å². The third-order valence-electron chi connectivity index (χ3n) is 2.23. The van der Waals surface area contributed by atoms with Gasteiger partial charge in [0.1, 0.15) is 5.60 Å². The molecule has 100 valence electrons. The van der Waals surface area contributed by atoms with E-state index < -0.39 is 11.7 Å². The molecule has 0 aliphatic rings. The van der Waals surface area contributed by atoms with Crippen LogP contribution < -0.4 is 11.1 Å². The van der Waals surface area contributed by atoms with Gasteiger partial charge in [0.15, 0.2) is 0 Å². The van der Waals surface area contributed by atoms with Crippen molar-refractivity contribution in [3.05, 3.63) is 30.1 Å². The van der Waals surface area contributed by atoms with E-state index in [1.54, 1.807) is 12.4 Å². The Labute approximate surface area is 108 Å². The third kappa shape index (κ3) is 5.14. The average molecular weight is 251 g/mol. The third-order valence-corrected chi connectivity index (χ3v) is 2.23. The molecule has 1 atom stereocenters. The molecule has 0 saturated carbocycles. The molecular formula is C13H21N3O2. The highest BCUT2D eigenvalue weighted by atomic mass is 16.6. The lowest BCUT2D eigenvalue weighted by Crippen LogP contribution is -2.35. The molecule has 0 spiro atoms. The minimum Gasteiger partial charge on any atom is -0.444 e. The van der Waals surface area contributed by atoms with Gasteiger partial charge in [-0.2, -0.15) is 0 Å². The fraction of sp³-hybridized carbons (Fsp3) is 0.538. The molecule has 1 aromatic rings. The maximum Gasteiger partial charge on any atom is 0.408 e. The van der Waals surface area contributed by atoms with Crippen LogP contribution in [0.25, 0.3) is 0 Å². The van der Waals surface area contributed by atoms with Crippen molar-refractivity contribution in [3.8, 4) is 0 Å². The maximum atomic E-state index is 11.7. The van der Waals surface area contributed by atoms with E-state index in [0.717, 1.165) is 5.56 Å². The number of ether oxygens (including phenoxy) is 1. The van der Waals surface area contributed by atoms with Crippen LogP contribution in [0.4, 0.5) is 4.79 Å². The summed E-state index contributed by atoms with van der Waals surface area (Å²) in [5.74, 6) is 0. The van der Waals surface area contributed by atoms with Gasteiger partial charge in [-0.25, -0.2) is 4.79 Å². The van der Waals surface area contributed by atoms with Gasteiger partial charge < -0.3 is 15.8 Å². The van der Waals surface area contributed by atoms with E-state index >= 15 is 0 Å². The van der Waals surface area contributed by atoms with E-state index in [2.05, 4.69) is 10.3 Å². The van der Waals surface area contributed by atoms with Crippen molar-refractivity contribution >= 4 is 6.09 Å². The summed E-state index contributed by atoms with van der Waals surface area (Å²) < 4.78 is 5.22. The van der Waals surface area contributed by atoms with Crippen LogP contribution in [-0.4, -0.2) is 23.2 Å². The zero-order valence-electron chi connectivity index (χ0n) is 11.1. The zero-order chi connectivity index (χ0) is 13.6. The van der Waals surface area contributed by atoms with E-state index in [4.69, 9.17) is 10.5 Å². The SMILES string of the molecule is CC(C)(C)OC(=O)NC(CCN)c1cccnc1. The normalized spacial score (nSPS) is 12.9. The summed E-state index contributed by atoms with van der Waals surface area (Å²) in [5, 5.41) is 2.81. The molecule has 1 heterocycles. The van der Waals surface area contributed by atoms with Gasteiger partial charge in [0.05, 0.1) is 6.04 Å². The van der Waals surface area contributed by atoms with E-state index in [9.17, 15) is 4.79 Å². The van der Waals surface area contributed by atoms with Gasteiger partial charge in [0.25, 0.3) is 0 Å². The van der Waals surface area contributed by atoms with E-state index in [1.807, 2.05) is 32.9 Å². The summed E-state index contributed by atoms with van der Waals surface area (Å²) in [6.45, 7) is 5.97. The molecule has 0 radical (unpaired) electrons. The van der Waals surface area contributed by atoms with Crippen molar-refractivity contribution in [1.82, 2.24) is 10.3 Å². The maximum absolute atomic E-state index is 11.7. The number of nitrogens with zero attached hydrogens (tertiary/aromatic N) is 1. The number of nitrogens with two attached hydrogens (primary N) is 1. The van der Waals surface area contributed by atoms with Crippen LogP contribution in [0.2, 0.25) is 0 Å². The van der Waals surface area contributed by atoms with E-state index in [1.165, 1.54) is 0 Å². The molecule has 1 rings (SSSR count). The number of nitrogens with one attached hydrogen (secondary N) is 1. The number of alkyl carbamates (subject to hydrolysis) is 1. The summed E-state index contributed by atoms with van der Waals surface area (Å²) in [6.07, 6.45) is 3.61. The lowest BCUT2D eigenvalue weighted by atomic mass is 10.1. The lowest BCUT2D eigenvalue weighted by Gasteiger charge is -2.23. The number of pyridine rings is 1. The Bertz CT molecular complexity index is 374. The Balaban J connectivity index is 2.67. The van der Waals surface area contributed by atoms with Gasteiger partial charge in [0.2, 0.25) is 0 Å². The Hall–Kier alpha value is -1.62. The standard InChI is InChI=1S/C13H21N3O2/c1-13(2,3)18-12(17)16-11(6-7-14)10-5-4-8-15-9-10/h4-5,8-9,11H,6-7,14H2,1-3H3,(H,16,17). The highest BCUT2D eigenvalue weighted by Crippen LogP contribution is 2.16. The first kappa shape index (κ1) is 14.4. The van der Waals surface area contributed by atoms with Gasteiger partial charge in [-0.3, -0.25) is 4.98 Å². The van der Waals surface area contributed by atoms with E-state index in [0.29, 0.717) is 13.0 Å². The number of carbonyl (C=O) groups is 1. The summed E-state index contributed by atoms with van der Waals surface area (Å²) in [7, 11) is 0. The number of carbonyl (C=O) groups excluding carboxylic acids is 1. The van der Waals surface area contributed by atoms with Gasteiger partial charge in [-0.05, 0) is 45.4 Å². The second-order valence-corrected chi connectivity index (χ2v) is 5.06. The van der Waals surface area contributed by atoms with Crippen molar-refractivity contribution in [3.63, 3.8) is 0 Å². The van der Waals surface area contributed by atoms with Crippen LogP contribution in [0.1, 0.15) is 38.8 Å². The molecule has 1 unspecified atom stereocenters. The smallest absolute Gasteiger partial charge is 0.408 e. The second kappa shape index (κ2) is 6.35. The highest BCUT2D eigenvalue weighted by molar-refractivity contribution is 5.68. The van der Waals surface area contributed by atoms with Crippen molar-refractivity contribution < 1.29 is 9.53 Å². The van der Waals surface area contributed by atoms with Crippen molar-refractivity contribution in [1.29, 1.82) is 0 Å². The van der Waals surface area contributed by atoms with Crippen LogP contribution in [0.5, 0.6) is 0 Å². The molecule has 0 fully saturated rings. The first-order chi connectivity index (χ1) is 8.42. The summed E-state index contributed by atoms with van der Waals surface area (Å²) in [6, 6.07) is 3.57. The first-order valence-electron chi connectivity index (χ1n) is 6.02. The number of amides is 1. The molecule has 0 aliphatic heterocycles. The van der Waals surface area contributed by atoms with Crippen LogP contribution in [-0.2, 0) is 4.74 Å². The predicted molar refractivity (Wildman–Crippen MR) is 70.0 cm³/mol. The predicted octanol–water partition coefficient (Wildman–Crippen LogP) is 2.00. The molecule has 0 aromatic carbocycles. The van der Waals surface area contributed by atoms with Gasteiger partial charge in [-0.1, -0.05) is 6.07 Å². The minimum absolute atomic E-state index is 0.168. The van der Waals surface area contributed by atoms with E-state index in [-0.39, 0.29) is 6.04 Å². The lowest BCUT2D eigenvalue weighted by molar-refractivity contribution is 0.0501. The number of rotatable bonds is 4. The Morgan fingerprint density at radius 2 is 2.28 bits per heavy atom. The Morgan fingerprint density at radius 1 is 1.56 bits per heavy atom. The molecule has 18 heavy (non-hydrogen) atoms. The van der Waals surface area contributed by atoms with Crippen molar-refractivity contribution in [2.24, 2.45) is 5.73 Å². The van der Waals surface area contributed by atoms with Gasteiger partial charge >= 0.3 is 6.09 Å². The Morgan fingerprint density at radius 3 is 2.78 bits per heavy atom. The zero-order valence-corrected chi connectivity index (χ0v) is 11.1. The fourth-order valence-corrected chi connectivity index (χ4v) is 1.52. The summed E-state index contributed by atoms with van der Waals surface area (Å²) in [4.78, 5) is 15.8. The number of hydrogen-bond donors (Lipinski definition) is 2. The second-order valence-electron chi connectivity index (χ2n) is 5.06. The fourth-order valence-electron chi connectivity index (χ4n) is 1.52. The number of aromatic nitrogens is 1. The number of hydrogen-bond acceptors (Lipinski definition) is 4. The van der Waals surface area contributed by atoms with Gasteiger partial charge in [0, 0.05) is 12.4 Å². The average Bonchev–Trinajstić information content (AvgIpc) is 2.27. The Kier molecular flexibility index (Phi) is 5.09. The molecular weight excluding hydrogens is 230 g/mol. The molecule has 5 heteroatoms. The molecule has 0 aliphatic carbocycles. The molecule has 1 aromatic heterocycles. The largest absolute Gasteiger partial charge is 0.444 e. The van der Waals surface area contributed by atoms with Crippen LogP contribution in [0.15, 0.2) is 24.5 Å².